The van der Waals surface area contributed by atoms with Crippen LogP contribution in [0.3, 0.4) is 0 Å². The molecule has 0 fully saturated rings. The van der Waals surface area contributed by atoms with E-state index in [1.807, 2.05) is 88.4 Å². The SMILES string of the molecule is CC(C)[C@H](NC(=O)OC(C)(C)C)C(=O)N(Cc1ccccc1)CC(O)CN(Cc1ccccc1)C(=O)[C@@H](NC(=O)OC(C)(C)C)C(C)C. The second-order valence-corrected chi connectivity index (χ2v) is 14.8. The number of aliphatic hydroxyl groups is 1. The average Bonchev–Trinajstić information content (AvgIpc) is 2.96. The molecule has 4 amide bonds. The van der Waals surface area contributed by atoms with Crippen molar-refractivity contribution < 1.29 is 33.8 Å². The second-order valence-electron chi connectivity index (χ2n) is 14.8. The number of carbonyl (C=O) groups is 4. The molecule has 2 rings (SSSR count). The third-order valence-corrected chi connectivity index (χ3v) is 7.13. The fourth-order valence-corrected chi connectivity index (χ4v) is 4.93. The summed E-state index contributed by atoms with van der Waals surface area (Å²) in [6.07, 6.45) is -2.60. The summed E-state index contributed by atoms with van der Waals surface area (Å²) in [5, 5.41) is 17.0. The van der Waals surface area contributed by atoms with Crippen molar-refractivity contribution >= 4 is 24.0 Å². The number of carbonyl (C=O) groups excluding carboxylic acids is 4. The van der Waals surface area contributed by atoms with Gasteiger partial charge in [-0.15, -0.1) is 0 Å². The zero-order chi connectivity index (χ0) is 36.2. The molecule has 2 aromatic rings. The van der Waals surface area contributed by atoms with Crippen LogP contribution >= 0.6 is 0 Å². The van der Waals surface area contributed by atoms with Crippen LogP contribution in [0.15, 0.2) is 60.7 Å². The van der Waals surface area contributed by atoms with Gasteiger partial charge in [-0.25, -0.2) is 9.59 Å². The van der Waals surface area contributed by atoms with Gasteiger partial charge in [0.05, 0.1) is 6.10 Å². The Labute approximate surface area is 286 Å². The molecule has 2 aromatic carbocycles. The highest BCUT2D eigenvalue weighted by molar-refractivity contribution is 5.87. The van der Waals surface area contributed by atoms with E-state index in [1.165, 1.54) is 9.80 Å². The third-order valence-electron chi connectivity index (χ3n) is 7.13. The minimum atomic E-state index is -1.17. The van der Waals surface area contributed by atoms with Gasteiger partial charge in [0.1, 0.15) is 23.3 Å². The fraction of sp³-hybridized carbons (Fsp3) is 0.568. The van der Waals surface area contributed by atoms with Crippen molar-refractivity contribution in [2.45, 2.75) is 112 Å². The molecule has 0 spiro atoms. The Balaban J connectivity index is 2.39. The lowest BCUT2D eigenvalue weighted by molar-refractivity contribution is -0.139. The summed E-state index contributed by atoms with van der Waals surface area (Å²) in [4.78, 5) is 56.5. The van der Waals surface area contributed by atoms with Gasteiger partial charge in [0.25, 0.3) is 0 Å². The maximum atomic E-state index is 14.1. The van der Waals surface area contributed by atoms with Crippen LogP contribution in [0, 0.1) is 11.8 Å². The Hall–Kier alpha value is -4.12. The predicted octanol–water partition coefficient (Wildman–Crippen LogP) is 5.50. The van der Waals surface area contributed by atoms with E-state index in [2.05, 4.69) is 10.6 Å². The Bertz CT molecular complexity index is 1220. The number of nitrogens with zero attached hydrogens (tertiary/aromatic N) is 2. The van der Waals surface area contributed by atoms with E-state index in [0.717, 1.165) is 11.1 Å². The Kier molecular flexibility index (Phi) is 14.9. The van der Waals surface area contributed by atoms with E-state index in [-0.39, 0.29) is 38.0 Å². The second kappa shape index (κ2) is 17.9. The molecule has 0 saturated carbocycles. The van der Waals surface area contributed by atoms with Crippen molar-refractivity contribution in [2.75, 3.05) is 13.1 Å². The van der Waals surface area contributed by atoms with Crippen molar-refractivity contribution in [1.29, 1.82) is 0 Å². The summed E-state index contributed by atoms with van der Waals surface area (Å²) in [7, 11) is 0. The van der Waals surface area contributed by atoms with Crippen LogP contribution in [0.25, 0.3) is 0 Å². The number of hydrogen-bond donors (Lipinski definition) is 3. The summed E-state index contributed by atoms with van der Waals surface area (Å²) in [5.74, 6) is -1.37. The van der Waals surface area contributed by atoms with Crippen molar-refractivity contribution in [3.8, 4) is 0 Å². The Morgan fingerprint density at radius 1 is 0.625 bits per heavy atom. The number of alkyl carbamates (subject to hydrolysis) is 2. The van der Waals surface area contributed by atoms with E-state index in [4.69, 9.17) is 9.47 Å². The minimum absolute atomic E-state index is 0.128. The molecule has 0 unspecified atom stereocenters. The first kappa shape index (κ1) is 40.1. The van der Waals surface area contributed by atoms with Crippen LogP contribution in [-0.2, 0) is 32.2 Å². The van der Waals surface area contributed by atoms with E-state index < -0.39 is 53.4 Å². The topological polar surface area (TPSA) is 138 Å². The van der Waals surface area contributed by atoms with Crippen LogP contribution in [-0.4, -0.2) is 81.4 Å². The molecule has 0 radical (unpaired) electrons. The molecule has 0 heterocycles. The monoisotopic (exact) mass is 668 g/mol. The van der Waals surface area contributed by atoms with Gasteiger partial charge >= 0.3 is 12.2 Å². The molecule has 3 N–H and O–H groups in total. The Morgan fingerprint density at radius 2 is 0.938 bits per heavy atom. The zero-order valence-electron chi connectivity index (χ0n) is 30.3. The normalized spacial score (nSPS) is 13.1. The summed E-state index contributed by atoms with van der Waals surface area (Å²) in [6, 6.07) is 16.8. The highest BCUT2D eigenvalue weighted by Gasteiger charge is 2.34. The number of benzene rings is 2. The lowest BCUT2D eigenvalue weighted by atomic mass is 10.0. The van der Waals surface area contributed by atoms with E-state index in [1.54, 1.807) is 41.5 Å². The number of nitrogens with one attached hydrogen (secondary N) is 2. The maximum Gasteiger partial charge on any atom is 0.408 e. The quantitative estimate of drug-likeness (QED) is 0.242. The molecule has 0 aliphatic rings. The number of hydrogen-bond acceptors (Lipinski definition) is 7. The van der Waals surface area contributed by atoms with Crippen LogP contribution < -0.4 is 10.6 Å². The molecular weight excluding hydrogens is 612 g/mol. The molecule has 48 heavy (non-hydrogen) atoms. The predicted molar refractivity (Wildman–Crippen MR) is 186 cm³/mol. The molecule has 11 nitrogen and oxygen atoms in total. The molecule has 2 atom stereocenters. The van der Waals surface area contributed by atoms with Gasteiger partial charge in [0, 0.05) is 26.2 Å². The van der Waals surface area contributed by atoms with Gasteiger partial charge in [-0.2, -0.15) is 0 Å². The summed E-state index contributed by atoms with van der Waals surface area (Å²) < 4.78 is 10.9. The summed E-state index contributed by atoms with van der Waals surface area (Å²) >= 11 is 0. The molecule has 0 bridgehead atoms. The van der Waals surface area contributed by atoms with E-state index >= 15 is 0 Å². The molecule has 0 saturated heterocycles. The van der Waals surface area contributed by atoms with Gasteiger partial charge < -0.3 is 35.0 Å². The first-order chi connectivity index (χ1) is 22.3. The van der Waals surface area contributed by atoms with Gasteiger partial charge in [0.2, 0.25) is 11.8 Å². The van der Waals surface area contributed by atoms with Crippen LogP contribution in [0.5, 0.6) is 0 Å². The smallest absolute Gasteiger partial charge is 0.408 e. The van der Waals surface area contributed by atoms with Crippen LogP contribution in [0.1, 0.15) is 80.4 Å². The minimum Gasteiger partial charge on any atom is -0.444 e. The number of amides is 4. The number of ether oxygens (including phenoxy) is 2. The van der Waals surface area contributed by atoms with Gasteiger partial charge in [0.15, 0.2) is 0 Å². The average molecular weight is 669 g/mol. The van der Waals surface area contributed by atoms with E-state index in [9.17, 15) is 24.3 Å². The highest BCUT2D eigenvalue weighted by Crippen LogP contribution is 2.17. The van der Waals surface area contributed by atoms with Crippen LogP contribution in [0.4, 0.5) is 9.59 Å². The first-order valence-corrected chi connectivity index (χ1v) is 16.6. The molecule has 266 valence electrons. The molecule has 0 aromatic heterocycles. The molecule has 0 aliphatic heterocycles. The highest BCUT2D eigenvalue weighted by atomic mass is 16.6. The maximum absolute atomic E-state index is 14.1. The van der Waals surface area contributed by atoms with Gasteiger partial charge in [-0.3, -0.25) is 9.59 Å². The molecular formula is C37H56N4O7. The van der Waals surface area contributed by atoms with Crippen molar-refractivity contribution in [1.82, 2.24) is 20.4 Å². The van der Waals surface area contributed by atoms with Gasteiger partial charge in [-0.1, -0.05) is 88.4 Å². The molecule has 11 heteroatoms. The van der Waals surface area contributed by atoms with E-state index in [0.29, 0.717) is 0 Å². The van der Waals surface area contributed by atoms with Gasteiger partial charge in [-0.05, 0) is 64.5 Å². The van der Waals surface area contributed by atoms with Crippen molar-refractivity contribution in [2.24, 2.45) is 11.8 Å². The zero-order valence-corrected chi connectivity index (χ0v) is 30.3. The lowest BCUT2D eigenvalue weighted by Crippen LogP contribution is -2.55. The lowest BCUT2D eigenvalue weighted by Gasteiger charge is -2.35. The number of rotatable bonds is 14. The van der Waals surface area contributed by atoms with Crippen LogP contribution in [0.2, 0.25) is 0 Å². The third kappa shape index (κ3) is 14.3. The number of aliphatic hydroxyl groups excluding tert-OH is 1. The molecule has 0 aliphatic carbocycles. The summed E-state index contributed by atoms with van der Waals surface area (Å²) in [5.41, 5.74) is 0.151. The van der Waals surface area contributed by atoms with Crippen molar-refractivity contribution in [3.05, 3.63) is 71.8 Å². The Morgan fingerprint density at radius 3 is 1.21 bits per heavy atom. The van der Waals surface area contributed by atoms with Crippen molar-refractivity contribution in [3.63, 3.8) is 0 Å². The summed E-state index contributed by atoms with van der Waals surface area (Å²) in [6.45, 7) is 17.8. The first-order valence-electron chi connectivity index (χ1n) is 16.6. The fourth-order valence-electron chi connectivity index (χ4n) is 4.93. The largest absolute Gasteiger partial charge is 0.444 e. The standard InChI is InChI=1S/C37H56N4O7/c1-25(2)30(38-34(45)47-36(5,6)7)32(43)40(21-27-17-13-11-14-18-27)23-29(42)24-41(22-28-19-15-12-16-20-28)33(44)31(26(3)4)39-35(46)48-37(8,9)10/h11-20,25-26,29-31,42H,21-24H2,1-10H3,(H,38,45)(H,39,46)/t30-,31-/m0/s1.